The Hall–Kier alpha value is -0.620. The van der Waals surface area contributed by atoms with E-state index < -0.39 is 10.0 Å². The van der Waals surface area contributed by atoms with Crippen LogP contribution in [0.4, 0.5) is 0 Å². The number of rotatable bonds is 4. The fourth-order valence-electron chi connectivity index (χ4n) is 2.01. The lowest BCUT2D eigenvalue weighted by Crippen LogP contribution is -2.30. The highest BCUT2D eigenvalue weighted by Gasteiger charge is 2.32. The molecule has 0 saturated carbocycles. The lowest BCUT2D eigenvalue weighted by atomic mass is 10.2. The molecule has 1 aliphatic rings. The number of hydrogen-bond donors (Lipinski definition) is 0. The molecule has 18 heavy (non-hydrogen) atoms. The molecule has 1 aromatic carbocycles. The summed E-state index contributed by atoms with van der Waals surface area (Å²) in [5.41, 5.74) is 0.909. The van der Waals surface area contributed by atoms with Crippen LogP contribution in [0.3, 0.4) is 0 Å². The van der Waals surface area contributed by atoms with E-state index in [4.69, 9.17) is 16.3 Å². The smallest absolute Gasteiger partial charge is 0.243 e. The molecule has 2 rings (SSSR count). The van der Waals surface area contributed by atoms with Gasteiger partial charge in [0.05, 0.1) is 11.0 Å². The molecule has 0 spiro atoms. The van der Waals surface area contributed by atoms with E-state index >= 15 is 0 Å². The fraction of sp³-hybridized carbons (Fsp3) is 0.500. The summed E-state index contributed by atoms with van der Waals surface area (Å²) in [4.78, 5) is 0.313. The van der Waals surface area contributed by atoms with Crippen LogP contribution in [0.15, 0.2) is 29.2 Å². The quantitative estimate of drug-likeness (QED) is 0.795. The van der Waals surface area contributed by atoms with Gasteiger partial charge in [0.1, 0.15) is 0 Å². The van der Waals surface area contributed by atoms with Crippen LogP contribution in [-0.4, -0.2) is 39.0 Å². The topological polar surface area (TPSA) is 46.6 Å². The SMILES string of the molecule is COC1CCN(S(=O)(=O)c2ccc(CCl)cc2)C1. The summed E-state index contributed by atoms with van der Waals surface area (Å²) in [6, 6.07) is 6.69. The second-order valence-corrected chi connectivity index (χ2v) is 6.49. The summed E-state index contributed by atoms with van der Waals surface area (Å²) in [6.07, 6.45) is 0.747. The monoisotopic (exact) mass is 289 g/mol. The van der Waals surface area contributed by atoms with Crippen LogP contribution in [0, 0.1) is 0 Å². The Morgan fingerprint density at radius 1 is 1.39 bits per heavy atom. The van der Waals surface area contributed by atoms with Crippen molar-refractivity contribution in [1.82, 2.24) is 4.31 Å². The summed E-state index contributed by atoms with van der Waals surface area (Å²) < 4.78 is 31.3. The van der Waals surface area contributed by atoms with Crippen molar-refractivity contribution in [3.63, 3.8) is 0 Å². The van der Waals surface area contributed by atoms with Crippen molar-refractivity contribution in [3.8, 4) is 0 Å². The Morgan fingerprint density at radius 3 is 2.56 bits per heavy atom. The van der Waals surface area contributed by atoms with E-state index in [-0.39, 0.29) is 6.10 Å². The molecule has 1 saturated heterocycles. The molecule has 1 fully saturated rings. The van der Waals surface area contributed by atoms with E-state index in [0.29, 0.717) is 23.9 Å². The van der Waals surface area contributed by atoms with E-state index in [1.165, 1.54) is 4.31 Å². The fourth-order valence-corrected chi connectivity index (χ4v) is 3.67. The van der Waals surface area contributed by atoms with Crippen molar-refractivity contribution in [2.24, 2.45) is 0 Å². The Bertz CT molecular complexity index is 501. The number of methoxy groups -OCH3 is 1. The van der Waals surface area contributed by atoms with Gasteiger partial charge in [0.25, 0.3) is 0 Å². The molecule has 4 nitrogen and oxygen atoms in total. The van der Waals surface area contributed by atoms with Crippen molar-refractivity contribution in [2.45, 2.75) is 23.3 Å². The van der Waals surface area contributed by atoms with Crippen molar-refractivity contribution in [2.75, 3.05) is 20.2 Å². The van der Waals surface area contributed by atoms with Crippen LogP contribution >= 0.6 is 11.6 Å². The number of nitrogens with zero attached hydrogens (tertiary/aromatic N) is 1. The second kappa shape index (κ2) is 5.57. The molecule has 0 aliphatic carbocycles. The van der Waals surface area contributed by atoms with E-state index in [1.54, 1.807) is 31.4 Å². The summed E-state index contributed by atoms with van der Waals surface area (Å²) in [5.74, 6) is 0.385. The third-order valence-electron chi connectivity index (χ3n) is 3.16. The zero-order valence-electron chi connectivity index (χ0n) is 10.2. The highest BCUT2D eigenvalue weighted by atomic mass is 35.5. The number of benzene rings is 1. The van der Waals surface area contributed by atoms with Gasteiger partial charge in [-0.2, -0.15) is 4.31 Å². The minimum Gasteiger partial charge on any atom is -0.380 e. The minimum absolute atomic E-state index is 0.00175. The van der Waals surface area contributed by atoms with Gasteiger partial charge in [-0.1, -0.05) is 12.1 Å². The summed E-state index contributed by atoms with van der Waals surface area (Å²) in [5, 5.41) is 0. The van der Waals surface area contributed by atoms with Gasteiger partial charge in [0, 0.05) is 26.1 Å². The average Bonchev–Trinajstić information content (AvgIpc) is 2.88. The predicted octanol–water partition coefficient (Wildman–Crippen LogP) is 1.83. The maximum atomic E-state index is 12.3. The van der Waals surface area contributed by atoms with Gasteiger partial charge in [-0.15, -0.1) is 11.6 Å². The molecule has 100 valence electrons. The highest BCUT2D eigenvalue weighted by Crippen LogP contribution is 2.22. The summed E-state index contributed by atoms with van der Waals surface area (Å²) >= 11 is 5.68. The van der Waals surface area contributed by atoms with Crippen LogP contribution in [0.1, 0.15) is 12.0 Å². The largest absolute Gasteiger partial charge is 0.380 e. The van der Waals surface area contributed by atoms with E-state index in [9.17, 15) is 8.42 Å². The molecule has 1 aliphatic heterocycles. The number of ether oxygens (including phenoxy) is 1. The normalized spacial score (nSPS) is 21.3. The molecule has 1 heterocycles. The Labute approximate surface area is 113 Å². The van der Waals surface area contributed by atoms with E-state index in [0.717, 1.165) is 12.0 Å². The van der Waals surface area contributed by atoms with Crippen LogP contribution in [-0.2, 0) is 20.6 Å². The van der Waals surface area contributed by atoms with Crippen LogP contribution < -0.4 is 0 Å². The van der Waals surface area contributed by atoms with E-state index in [2.05, 4.69) is 0 Å². The molecular weight excluding hydrogens is 274 g/mol. The van der Waals surface area contributed by atoms with Crippen LogP contribution in [0.25, 0.3) is 0 Å². The number of hydrogen-bond acceptors (Lipinski definition) is 3. The van der Waals surface area contributed by atoms with Gasteiger partial charge in [0.2, 0.25) is 10.0 Å². The Kier molecular flexibility index (Phi) is 4.27. The van der Waals surface area contributed by atoms with Gasteiger partial charge in [-0.05, 0) is 24.1 Å². The molecule has 0 amide bonds. The molecule has 0 radical (unpaired) electrons. The molecular formula is C12H16ClNO3S. The third kappa shape index (κ3) is 2.69. The standard InChI is InChI=1S/C12H16ClNO3S/c1-17-11-6-7-14(9-11)18(15,16)12-4-2-10(8-13)3-5-12/h2-5,11H,6-9H2,1H3. The average molecular weight is 290 g/mol. The van der Waals surface area contributed by atoms with Crippen LogP contribution in [0.2, 0.25) is 0 Å². The first-order chi connectivity index (χ1) is 8.57. The van der Waals surface area contributed by atoms with Crippen molar-refractivity contribution < 1.29 is 13.2 Å². The van der Waals surface area contributed by atoms with Gasteiger partial charge in [0.15, 0.2) is 0 Å². The van der Waals surface area contributed by atoms with E-state index in [1.807, 2.05) is 0 Å². The summed E-state index contributed by atoms with van der Waals surface area (Å²) in [7, 11) is -1.79. The Morgan fingerprint density at radius 2 is 2.06 bits per heavy atom. The maximum absolute atomic E-state index is 12.3. The maximum Gasteiger partial charge on any atom is 0.243 e. The molecule has 1 aromatic rings. The van der Waals surface area contributed by atoms with Gasteiger partial charge < -0.3 is 4.74 Å². The molecule has 0 aromatic heterocycles. The predicted molar refractivity (Wildman–Crippen MR) is 70.2 cm³/mol. The lowest BCUT2D eigenvalue weighted by Gasteiger charge is -2.16. The lowest BCUT2D eigenvalue weighted by molar-refractivity contribution is 0.115. The highest BCUT2D eigenvalue weighted by molar-refractivity contribution is 7.89. The zero-order chi connectivity index (χ0) is 13.2. The minimum atomic E-state index is -3.40. The molecule has 0 N–H and O–H groups in total. The molecule has 1 atom stereocenters. The van der Waals surface area contributed by atoms with Gasteiger partial charge >= 0.3 is 0 Å². The summed E-state index contributed by atoms with van der Waals surface area (Å²) in [6.45, 7) is 0.939. The van der Waals surface area contributed by atoms with Crippen molar-refractivity contribution in [3.05, 3.63) is 29.8 Å². The molecule has 6 heteroatoms. The van der Waals surface area contributed by atoms with Crippen molar-refractivity contribution in [1.29, 1.82) is 0 Å². The first-order valence-corrected chi connectivity index (χ1v) is 7.73. The molecule has 0 bridgehead atoms. The first-order valence-electron chi connectivity index (χ1n) is 5.76. The Balaban J connectivity index is 2.20. The van der Waals surface area contributed by atoms with Gasteiger partial charge in [-0.3, -0.25) is 0 Å². The molecule has 1 unspecified atom stereocenters. The third-order valence-corrected chi connectivity index (χ3v) is 5.34. The second-order valence-electron chi connectivity index (χ2n) is 4.29. The first kappa shape index (κ1) is 13.8. The van der Waals surface area contributed by atoms with Crippen LogP contribution in [0.5, 0.6) is 0 Å². The number of alkyl halides is 1. The number of halogens is 1. The zero-order valence-corrected chi connectivity index (χ0v) is 11.7. The van der Waals surface area contributed by atoms with Gasteiger partial charge in [-0.25, -0.2) is 8.42 Å². The van der Waals surface area contributed by atoms with Crippen molar-refractivity contribution >= 4 is 21.6 Å². The number of sulfonamides is 1.